The number of carbonyl (C=O) groups is 2. The first kappa shape index (κ1) is 25.4. The van der Waals surface area contributed by atoms with Crippen molar-refractivity contribution in [3.63, 3.8) is 0 Å². The van der Waals surface area contributed by atoms with E-state index in [2.05, 4.69) is 5.32 Å². The third-order valence-electron chi connectivity index (χ3n) is 5.43. The fourth-order valence-corrected chi connectivity index (χ4v) is 3.90. The number of ether oxygens (including phenoxy) is 2. The maximum atomic E-state index is 13.5. The van der Waals surface area contributed by atoms with Gasteiger partial charge in [-0.1, -0.05) is 37.3 Å². The highest BCUT2D eigenvalue weighted by molar-refractivity contribution is 5.90. The number of alkyl carbamates (subject to hydrolysis) is 1. The molecule has 0 aliphatic carbocycles. The molecule has 2 aromatic carbocycles. The zero-order chi connectivity index (χ0) is 25.1. The van der Waals surface area contributed by atoms with E-state index in [0.717, 1.165) is 17.7 Å². The Balaban J connectivity index is 1.94. The van der Waals surface area contributed by atoms with Crippen LogP contribution < -0.4 is 10.2 Å². The van der Waals surface area contributed by atoms with Gasteiger partial charge in [-0.15, -0.1) is 0 Å². The molecule has 1 N–H and O–H groups in total. The number of rotatable bonds is 4. The molecule has 6 nitrogen and oxygen atoms in total. The Morgan fingerprint density at radius 3 is 2.35 bits per heavy atom. The summed E-state index contributed by atoms with van der Waals surface area (Å²) in [6, 6.07) is 11.1. The molecule has 0 saturated heterocycles. The first-order chi connectivity index (χ1) is 15.9. The van der Waals surface area contributed by atoms with Gasteiger partial charge in [0.15, 0.2) is 0 Å². The average molecular weight is 479 g/mol. The number of hydrogen-bond acceptors (Lipinski definition) is 4. The topological polar surface area (TPSA) is 67.9 Å². The van der Waals surface area contributed by atoms with E-state index in [1.165, 1.54) is 11.0 Å². The number of amides is 2. The molecule has 0 unspecified atom stereocenters. The number of halogens is 3. The van der Waals surface area contributed by atoms with Crippen LogP contribution >= 0.6 is 0 Å². The van der Waals surface area contributed by atoms with Crippen LogP contribution in [0.2, 0.25) is 0 Å². The first-order valence-corrected chi connectivity index (χ1v) is 11.1. The van der Waals surface area contributed by atoms with Gasteiger partial charge in [-0.25, -0.2) is 9.59 Å². The number of nitrogens with zero attached hydrogens (tertiary/aromatic N) is 1. The van der Waals surface area contributed by atoms with Crippen molar-refractivity contribution in [1.29, 1.82) is 0 Å². The van der Waals surface area contributed by atoms with Crippen molar-refractivity contribution in [3.8, 4) is 0 Å². The summed E-state index contributed by atoms with van der Waals surface area (Å²) in [7, 11) is 0. The van der Waals surface area contributed by atoms with Crippen LogP contribution in [0.25, 0.3) is 0 Å². The van der Waals surface area contributed by atoms with Gasteiger partial charge in [0, 0.05) is 6.04 Å². The summed E-state index contributed by atoms with van der Waals surface area (Å²) >= 11 is 0. The van der Waals surface area contributed by atoms with Crippen molar-refractivity contribution in [2.24, 2.45) is 0 Å². The second-order valence-corrected chi connectivity index (χ2v) is 9.18. The molecule has 2 amide bonds. The van der Waals surface area contributed by atoms with E-state index < -0.39 is 41.6 Å². The Morgan fingerprint density at radius 2 is 1.76 bits per heavy atom. The number of fused-ring (bicyclic) bond motifs is 1. The lowest BCUT2D eigenvalue weighted by Gasteiger charge is -2.40. The van der Waals surface area contributed by atoms with Crippen LogP contribution in [-0.4, -0.2) is 23.8 Å². The van der Waals surface area contributed by atoms with Crippen LogP contribution in [0.15, 0.2) is 48.5 Å². The molecular weight excluding hydrogens is 449 g/mol. The molecule has 0 saturated carbocycles. The molecule has 9 heteroatoms. The molecule has 3 rings (SSSR count). The zero-order valence-electron chi connectivity index (χ0n) is 19.6. The van der Waals surface area contributed by atoms with Crippen LogP contribution in [0, 0.1) is 0 Å². The van der Waals surface area contributed by atoms with Gasteiger partial charge in [0.2, 0.25) is 0 Å². The highest BCUT2D eigenvalue weighted by Gasteiger charge is 2.40. The van der Waals surface area contributed by atoms with Crippen molar-refractivity contribution in [3.05, 3.63) is 65.2 Å². The second kappa shape index (κ2) is 9.95. The Labute approximate surface area is 197 Å². The molecule has 2 atom stereocenters. The molecule has 0 spiro atoms. The number of anilines is 1. The van der Waals surface area contributed by atoms with E-state index >= 15 is 0 Å². The van der Waals surface area contributed by atoms with E-state index in [4.69, 9.17) is 9.47 Å². The Kier molecular flexibility index (Phi) is 7.43. The molecule has 184 valence electrons. The summed E-state index contributed by atoms with van der Waals surface area (Å²) in [4.78, 5) is 26.9. The highest BCUT2D eigenvalue weighted by atomic mass is 19.4. The van der Waals surface area contributed by atoms with E-state index in [0.29, 0.717) is 6.42 Å². The van der Waals surface area contributed by atoms with Gasteiger partial charge in [-0.2, -0.15) is 13.2 Å². The second-order valence-electron chi connectivity index (χ2n) is 9.18. The predicted octanol–water partition coefficient (Wildman–Crippen LogP) is 6.60. The van der Waals surface area contributed by atoms with Crippen molar-refractivity contribution in [1.82, 2.24) is 5.32 Å². The molecule has 0 fully saturated rings. The van der Waals surface area contributed by atoms with Crippen LogP contribution in [-0.2, 0) is 22.3 Å². The molecule has 1 heterocycles. The van der Waals surface area contributed by atoms with Crippen molar-refractivity contribution < 1.29 is 32.2 Å². The third kappa shape index (κ3) is 6.21. The van der Waals surface area contributed by atoms with Crippen LogP contribution in [0.3, 0.4) is 0 Å². The van der Waals surface area contributed by atoms with Gasteiger partial charge in [0.1, 0.15) is 12.2 Å². The Bertz CT molecular complexity index is 1020. The largest absolute Gasteiger partial charge is 0.444 e. The minimum Gasteiger partial charge on any atom is -0.444 e. The fourth-order valence-electron chi connectivity index (χ4n) is 3.90. The average Bonchev–Trinajstić information content (AvgIpc) is 2.75. The zero-order valence-corrected chi connectivity index (χ0v) is 19.6. The van der Waals surface area contributed by atoms with Crippen LogP contribution in [0.5, 0.6) is 0 Å². The Hall–Kier alpha value is -3.23. The van der Waals surface area contributed by atoms with Crippen molar-refractivity contribution in [2.45, 2.75) is 71.0 Å². The molecule has 1 aliphatic heterocycles. The molecule has 0 aromatic heterocycles. The van der Waals surface area contributed by atoms with Gasteiger partial charge in [0.05, 0.1) is 17.3 Å². The van der Waals surface area contributed by atoms with Crippen LogP contribution in [0.4, 0.5) is 28.4 Å². The molecule has 0 radical (unpaired) electrons. The number of nitrogens with one attached hydrogen (secondary N) is 1. The molecule has 0 bridgehead atoms. The maximum Gasteiger partial charge on any atom is 0.416 e. The Morgan fingerprint density at radius 1 is 1.09 bits per heavy atom. The quantitative estimate of drug-likeness (QED) is 0.538. The summed E-state index contributed by atoms with van der Waals surface area (Å²) in [5.74, 6) is 0. The van der Waals surface area contributed by atoms with E-state index in [1.54, 1.807) is 20.8 Å². The van der Waals surface area contributed by atoms with Gasteiger partial charge in [-0.05, 0) is 62.9 Å². The number of benzene rings is 2. The minimum atomic E-state index is -4.58. The lowest BCUT2D eigenvalue weighted by atomic mass is 9.89. The van der Waals surface area contributed by atoms with E-state index in [9.17, 15) is 22.8 Å². The summed E-state index contributed by atoms with van der Waals surface area (Å²) in [6.45, 7) is 6.98. The highest BCUT2D eigenvalue weighted by Crippen LogP contribution is 2.42. The fraction of sp³-hybridized carbons (Fsp3) is 0.440. The van der Waals surface area contributed by atoms with Gasteiger partial charge in [-0.3, -0.25) is 4.90 Å². The predicted molar refractivity (Wildman–Crippen MR) is 121 cm³/mol. The van der Waals surface area contributed by atoms with E-state index in [-0.39, 0.29) is 24.3 Å². The standard InChI is InChI=1S/C25H29F3N2O4/c1-5-18-14-20(29-22(31)34-24(2,3)4)19-13-17(25(26,27)28)11-12-21(19)30(18)23(32)33-15-16-9-7-6-8-10-16/h6-13,18,20H,5,14-15H2,1-4H3,(H,29,31)/t18-,20+/m1/s1. The number of hydrogen-bond donors (Lipinski definition) is 1. The summed E-state index contributed by atoms with van der Waals surface area (Å²) in [5, 5.41) is 2.68. The minimum absolute atomic E-state index is 0.0299. The lowest BCUT2D eigenvalue weighted by molar-refractivity contribution is -0.137. The monoisotopic (exact) mass is 478 g/mol. The first-order valence-electron chi connectivity index (χ1n) is 11.1. The van der Waals surface area contributed by atoms with Crippen molar-refractivity contribution in [2.75, 3.05) is 4.90 Å². The molecule has 34 heavy (non-hydrogen) atoms. The number of alkyl halides is 3. The summed E-state index contributed by atoms with van der Waals surface area (Å²) in [5.41, 5.74) is -0.396. The summed E-state index contributed by atoms with van der Waals surface area (Å²) in [6.07, 6.45) is -5.26. The van der Waals surface area contributed by atoms with Crippen LogP contribution in [0.1, 0.15) is 63.3 Å². The maximum absolute atomic E-state index is 13.5. The van der Waals surface area contributed by atoms with Crippen molar-refractivity contribution >= 4 is 17.9 Å². The lowest BCUT2D eigenvalue weighted by Crippen LogP contribution is -2.48. The van der Waals surface area contributed by atoms with E-state index in [1.807, 2.05) is 37.3 Å². The normalized spacial score (nSPS) is 18.1. The molecule has 1 aliphatic rings. The SMILES string of the molecule is CC[C@@H]1C[C@H](NC(=O)OC(C)(C)C)c2cc(C(F)(F)F)ccc2N1C(=O)OCc1ccccc1. The smallest absolute Gasteiger partial charge is 0.416 e. The van der Waals surface area contributed by atoms with Gasteiger partial charge >= 0.3 is 18.4 Å². The third-order valence-corrected chi connectivity index (χ3v) is 5.43. The summed E-state index contributed by atoms with van der Waals surface area (Å²) < 4.78 is 51.2. The number of carbonyl (C=O) groups excluding carboxylic acids is 2. The molecule has 2 aromatic rings. The van der Waals surface area contributed by atoms with Gasteiger partial charge < -0.3 is 14.8 Å². The van der Waals surface area contributed by atoms with Gasteiger partial charge in [0.25, 0.3) is 0 Å². The molecular formula is C25H29F3N2O4.